The Morgan fingerprint density at radius 1 is 0.941 bits per heavy atom. The number of fused-ring (bicyclic) bond motifs is 2. The minimum atomic E-state index is -4.07. The summed E-state index contributed by atoms with van der Waals surface area (Å²) < 4.78 is 24.9. The molecule has 1 heterocycles. The van der Waals surface area contributed by atoms with E-state index in [1.165, 1.54) is 16.8 Å². The lowest BCUT2D eigenvalue weighted by atomic mass is 9.70. The number of carbonyl (C=O) groups is 5. The molecule has 0 radical (unpaired) electrons. The van der Waals surface area contributed by atoms with Crippen LogP contribution in [0.2, 0.25) is 0 Å². The third kappa shape index (κ3) is 8.64. The number of nitrogens with two attached hydrogens (primary N) is 1. The normalized spacial score (nSPS) is 28.1. The lowest BCUT2D eigenvalue weighted by molar-refractivity contribution is -0.145. The number of amides is 5. The van der Waals surface area contributed by atoms with Crippen molar-refractivity contribution in [1.29, 1.82) is 0 Å². The van der Waals surface area contributed by atoms with Gasteiger partial charge in [0, 0.05) is 38.7 Å². The van der Waals surface area contributed by atoms with Crippen LogP contribution in [0.25, 0.3) is 0 Å². The van der Waals surface area contributed by atoms with E-state index in [0.29, 0.717) is 13.0 Å². The number of carbonyl (C=O) groups excluding carboxylic acids is 5. The summed E-state index contributed by atoms with van der Waals surface area (Å²) in [6, 6.07) is -3.87. The van der Waals surface area contributed by atoms with Gasteiger partial charge in [-0.25, -0.2) is 9.10 Å². The molecule has 4 saturated carbocycles. The Labute approximate surface area is 304 Å². The molecule has 5 amide bonds. The van der Waals surface area contributed by atoms with Crippen molar-refractivity contribution in [2.45, 2.75) is 135 Å². The molecule has 5 rings (SSSR count). The van der Waals surface area contributed by atoms with Crippen molar-refractivity contribution < 1.29 is 32.7 Å². The zero-order valence-corrected chi connectivity index (χ0v) is 32.7. The van der Waals surface area contributed by atoms with Crippen LogP contribution in [-0.4, -0.2) is 104 Å². The molecule has 1 aliphatic heterocycles. The van der Waals surface area contributed by atoms with Gasteiger partial charge in [-0.3, -0.25) is 23.7 Å². The number of hydrogen-bond acceptors (Lipinski definition) is 6. The van der Waals surface area contributed by atoms with Gasteiger partial charge in [-0.05, 0) is 78.9 Å². The van der Waals surface area contributed by atoms with Gasteiger partial charge in [0.1, 0.15) is 12.1 Å². The second-order valence-corrected chi connectivity index (χ2v) is 22.7. The SMILES string of the molecule is CN(C[C@@H](NC(=O)N[C@H](C(=O)N1C[C@H]2[C@H](CCC23CC3)[C@H]1C(=O)NC(CC1CCC1)C(=O)C(N)=O)C1(C)CCCCC1)C(C)(C)C)S(C)(C)(=O)O. The maximum atomic E-state index is 15.0. The number of nitrogens with one attached hydrogen (secondary N) is 3. The summed E-state index contributed by atoms with van der Waals surface area (Å²) in [5.41, 5.74) is 4.49. The van der Waals surface area contributed by atoms with Gasteiger partial charge in [0.2, 0.25) is 17.6 Å². The topological polar surface area (TPSA) is 191 Å². The summed E-state index contributed by atoms with van der Waals surface area (Å²) in [6.07, 6.45) is 14.0. The molecular formula is C37H64N6O7S. The number of nitrogens with zero attached hydrogens (tertiary/aromatic N) is 2. The minimum absolute atomic E-state index is 0.0802. The third-order valence-electron chi connectivity index (χ3n) is 13.4. The number of likely N-dealkylation sites (tertiary alicyclic amines) is 1. The molecular weight excluding hydrogens is 673 g/mol. The lowest BCUT2D eigenvalue weighted by Crippen LogP contribution is -2.63. The van der Waals surface area contributed by atoms with E-state index in [1.807, 2.05) is 27.7 Å². The first-order valence-electron chi connectivity index (χ1n) is 19.1. The summed E-state index contributed by atoms with van der Waals surface area (Å²) in [7, 11) is -2.52. The average Bonchev–Trinajstić information content (AvgIpc) is 3.57. The van der Waals surface area contributed by atoms with E-state index in [-0.39, 0.29) is 35.6 Å². The van der Waals surface area contributed by atoms with Crippen molar-refractivity contribution in [2.24, 2.45) is 39.7 Å². The summed E-state index contributed by atoms with van der Waals surface area (Å²) in [6.45, 7) is 8.38. The van der Waals surface area contributed by atoms with E-state index in [0.717, 1.165) is 77.0 Å². The Hall–Kier alpha value is -2.58. The highest BCUT2D eigenvalue weighted by molar-refractivity contribution is 8.11. The molecule has 5 fully saturated rings. The zero-order chi connectivity index (χ0) is 37.8. The van der Waals surface area contributed by atoms with Crippen LogP contribution >= 0.6 is 0 Å². The van der Waals surface area contributed by atoms with Crippen LogP contribution in [0.3, 0.4) is 0 Å². The molecule has 1 saturated heterocycles. The van der Waals surface area contributed by atoms with Gasteiger partial charge < -0.3 is 26.6 Å². The fourth-order valence-electron chi connectivity index (χ4n) is 9.31. The smallest absolute Gasteiger partial charge is 0.315 e. The van der Waals surface area contributed by atoms with Crippen LogP contribution in [0.15, 0.2) is 0 Å². The van der Waals surface area contributed by atoms with Crippen molar-refractivity contribution in [2.75, 3.05) is 32.6 Å². The predicted molar refractivity (Wildman–Crippen MR) is 197 cm³/mol. The van der Waals surface area contributed by atoms with Gasteiger partial charge in [0.15, 0.2) is 0 Å². The molecule has 290 valence electrons. The van der Waals surface area contributed by atoms with Crippen LogP contribution in [0.4, 0.5) is 4.79 Å². The van der Waals surface area contributed by atoms with Crippen molar-refractivity contribution in [3.05, 3.63) is 0 Å². The highest BCUT2D eigenvalue weighted by atomic mass is 32.3. The Morgan fingerprint density at radius 3 is 2.08 bits per heavy atom. The molecule has 6 atom stereocenters. The number of ketones is 1. The van der Waals surface area contributed by atoms with Crippen molar-refractivity contribution in [1.82, 2.24) is 25.2 Å². The van der Waals surface area contributed by atoms with E-state index >= 15 is 4.79 Å². The van der Waals surface area contributed by atoms with Crippen molar-refractivity contribution in [3.63, 3.8) is 0 Å². The zero-order valence-electron chi connectivity index (χ0n) is 31.9. The number of primary amides is 1. The first kappa shape index (κ1) is 39.6. The van der Waals surface area contributed by atoms with Gasteiger partial charge in [-0.15, -0.1) is 9.53 Å². The second-order valence-electron chi connectivity index (χ2n) is 18.6. The van der Waals surface area contributed by atoms with Crippen LogP contribution in [-0.2, 0) is 28.7 Å². The van der Waals surface area contributed by atoms with Gasteiger partial charge in [0.25, 0.3) is 5.91 Å². The molecule has 0 aromatic heterocycles. The quantitative estimate of drug-likeness (QED) is 0.179. The summed E-state index contributed by atoms with van der Waals surface area (Å²) in [5.74, 6) is -2.33. The number of hydrogen-bond donors (Lipinski definition) is 5. The Kier molecular flexibility index (Phi) is 10.9. The highest BCUT2D eigenvalue weighted by Crippen LogP contribution is 2.66. The third-order valence-corrected chi connectivity index (χ3v) is 15.4. The van der Waals surface area contributed by atoms with E-state index in [2.05, 4.69) is 16.0 Å². The van der Waals surface area contributed by atoms with E-state index in [4.69, 9.17) is 5.73 Å². The molecule has 14 heteroatoms. The number of Topliss-reactive ketones (excluding diaryl/α,β-unsaturated/α-hetero) is 1. The van der Waals surface area contributed by atoms with Crippen LogP contribution in [0, 0.1) is 34.0 Å². The molecule has 1 spiro atoms. The highest BCUT2D eigenvalue weighted by Gasteiger charge is 2.64. The first-order valence-corrected chi connectivity index (χ1v) is 21.8. The minimum Gasteiger partial charge on any atom is -0.363 e. The fourth-order valence-corrected chi connectivity index (χ4v) is 9.88. The molecule has 0 aromatic carbocycles. The van der Waals surface area contributed by atoms with Crippen molar-refractivity contribution in [3.8, 4) is 0 Å². The summed E-state index contributed by atoms with van der Waals surface area (Å²) in [4.78, 5) is 70.0. The van der Waals surface area contributed by atoms with Gasteiger partial charge in [0.05, 0.1) is 6.04 Å². The molecule has 0 aromatic rings. The average molecular weight is 737 g/mol. The molecule has 13 nitrogen and oxygen atoms in total. The predicted octanol–water partition coefficient (Wildman–Crippen LogP) is 3.19. The molecule has 51 heavy (non-hydrogen) atoms. The molecule has 5 aliphatic rings. The number of rotatable bonds is 13. The molecule has 0 bridgehead atoms. The summed E-state index contributed by atoms with van der Waals surface area (Å²) >= 11 is 0. The first-order chi connectivity index (χ1) is 23.5. The second kappa shape index (κ2) is 14.0. The van der Waals surface area contributed by atoms with Gasteiger partial charge in [-0.2, -0.15) is 4.21 Å². The standard InChI is InChI=1S/C37H64N6O7S/c1-35(2,3)27(22-42(5)51(6,7,49)50)40-34(48)41-30(36(4)15-9-8-10-16-36)33(47)43-21-25-24(14-17-37(25)18-19-37)28(43)32(46)39-26(29(44)31(38)45)20-23-12-11-13-23/h23-28,30H,8-22H2,1-7H3,(H2,38,45)(H,39,46)(H,49,50)(H2,40,41,48)/t24-,25-,26?,27+,28-,30+/m0/s1. The maximum Gasteiger partial charge on any atom is 0.315 e. The maximum absolute atomic E-state index is 15.0. The number of likely N-dealkylation sites (N-methyl/N-ethyl adjacent to an activating group) is 1. The van der Waals surface area contributed by atoms with Gasteiger partial charge >= 0.3 is 6.03 Å². The molecule has 6 N–H and O–H groups in total. The largest absolute Gasteiger partial charge is 0.363 e. The van der Waals surface area contributed by atoms with E-state index in [9.17, 15) is 27.9 Å². The van der Waals surface area contributed by atoms with Crippen LogP contribution < -0.4 is 21.7 Å². The van der Waals surface area contributed by atoms with Crippen LogP contribution in [0.5, 0.6) is 0 Å². The van der Waals surface area contributed by atoms with Gasteiger partial charge in [-0.1, -0.05) is 66.2 Å². The number of urea groups is 1. The van der Waals surface area contributed by atoms with Crippen LogP contribution in [0.1, 0.15) is 111 Å². The monoisotopic (exact) mass is 736 g/mol. The molecule has 1 unspecified atom stereocenters. The summed E-state index contributed by atoms with van der Waals surface area (Å²) in [5, 5.41) is 8.99. The Balaban J connectivity index is 1.42. The lowest BCUT2D eigenvalue weighted by Gasteiger charge is -2.46. The fraction of sp³-hybridized carbons (Fsp3) is 0.865. The van der Waals surface area contributed by atoms with E-state index in [1.54, 1.807) is 11.9 Å². The van der Waals surface area contributed by atoms with E-state index < -0.39 is 68.2 Å². The molecule has 4 aliphatic carbocycles. The Bertz CT molecular complexity index is 1450. The van der Waals surface area contributed by atoms with Crippen molar-refractivity contribution >= 4 is 39.1 Å². The Morgan fingerprint density at radius 2 is 1.57 bits per heavy atom.